The smallest absolute Gasteiger partial charge is 0.331 e. The molecule has 0 aromatic heterocycles. The third kappa shape index (κ3) is 18.5. The fourth-order valence-electron chi connectivity index (χ4n) is 1.24. The number of methoxy groups -OCH3 is 1. The molecule has 0 amide bonds. The Balaban J connectivity index is 3.02. The molecule has 0 N–H and O–H groups in total. The molecule has 10 nitrogen and oxygen atoms in total. The van der Waals surface area contributed by atoms with Gasteiger partial charge < -0.3 is 28.4 Å². The average molecular weight is 335 g/mol. The van der Waals surface area contributed by atoms with Crippen LogP contribution in [0.3, 0.4) is 0 Å². The molecule has 0 atom stereocenters. The summed E-state index contributed by atoms with van der Waals surface area (Å²) >= 11 is 0. The maximum atomic E-state index is 10.7. The van der Waals surface area contributed by atoms with Gasteiger partial charge in [-0.3, -0.25) is 0 Å². The zero-order chi connectivity index (χ0) is 17.0. The van der Waals surface area contributed by atoms with E-state index in [1.54, 1.807) is 0 Å². The van der Waals surface area contributed by atoms with Gasteiger partial charge in [0.15, 0.2) is 0 Å². The van der Waals surface area contributed by atoms with Crippen molar-refractivity contribution in [2.75, 3.05) is 79.7 Å². The van der Waals surface area contributed by atoms with Crippen LogP contribution in [-0.4, -0.2) is 85.7 Å². The Morgan fingerprint density at radius 1 is 0.826 bits per heavy atom. The summed E-state index contributed by atoms with van der Waals surface area (Å²) in [4.78, 5) is 13.3. The quantitative estimate of drug-likeness (QED) is 0.125. The van der Waals surface area contributed by atoms with Crippen molar-refractivity contribution in [3.05, 3.63) is 10.4 Å². The third-order valence-electron chi connectivity index (χ3n) is 2.33. The molecule has 0 saturated carbocycles. The third-order valence-corrected chi connectivity index (χ3v) is 2.33. The molecular formula is C13H25N3O7. The summed E-state index contributed by atoms with van der Waals surface area (Å²) in [6.45, 7) is 4.15. The zero-order valence-electron chi connectivity index (χ0n) is 13.5. The number of ether oxygens (including phenoxy) is 6. The number of hydrogen-bond acceptors (Lipinski definition) is 8. The topological polar surface area (TPSA) is 121 Å². The molecule has 0 aliphatic carbocycles. The normalized spacial score (nSPS) is 10.3. The van der Waals surface area contributed by atoms with Gasteiger partial charge in [-0.25, -0.2) is 4.79 Å². The van der Waals surface area contributed by atoms with Crippen LogP contribution in [0.2, 0.25) is 0 Å². The van der Waals surface area contributed by atoms with Gasteiger partial charge in [0.05, 0.1) is 66.6 Å². The van der Waals surface area contributed by atoms with E-state index in [-0.39, 0.29) is 6.61 Å². The van der Waals surface area contributed by atoms with Crippen LogP contribution >= 0.6 is 0 Å². The SMILES string of the molecule is COC(=O)COCCOCCOCCOCCOCCN=[N+]=[N-]. The maximum Gasteiger partial charge on any atom is 0.331 e. The monoisotopic (exact) mass is 335 g/mol. The molecule has 0 fully saturated rings. The number of azide groups is 1. The second kappa shape index (κ2) is 18.6. The molecular weight excluding hydrogens is 310 g/mol. The molecule has 0 aromatic carbocycles. The summed E-state index contributed by atoms with van der Waals surface area (Å²) in [7, 11) is 1.31. The van der Waals surface area contributed by atoms with Gasteiger partial charge in [0.1, 0.15) is 6.61 Å². The molecule has 0 saturated heterocycles. The van der Waals surface area contributed by atoms with Gasteiger partial charge in [-0.15, -0.1) is 0 Å². The van der Waals surface area contributed by atoms with Crippen molar-refractivity contribution >= 4 is 5.97 Å². The molecule has 134 valence electrons. The van der Waals surface area contributed by atoms with Gasteiger partial charge >= 0.3 is 5.97 Å². The Kier molecular flexibility index (Phi) is 17.5. The first kappa shape index (κ1) is 21.6. The number of esters is 1. The van der Waals surface area contributed by atoms with E-state index in [0.29, 0.717) is 66.0 Å². The van der Waals surface area contributed by atoms with E-state index in [4.69, 9.17) is 29.2 Å². The largest absolute Gasteiger partial charge is 0.467 e. The van der Waals surface area contributed by atoms with Crippen molar-refractivity contribution < 1.29 is 33.2 Å². The van der Waals surface area contributed by atoms with Gasteiger partial charge in [0.25, 0.3) is 0 Å². The highest BCUT2D eigenvalue weighted by Crippen LogP contribution is 1.85. The van der Waals surface area contributed by atoms with E-state index in [9.17, 15) is 4.79 Å². The first-order valence-electron chi connectivity index (χ1n) is 7.27. The van der Waals surface area contributed by atoms with Crippen LogP contribution in [0.25, 0.3) is 10.4 Å². The Labute approximate surface area is 135 Å². The minimum Gasteiger partial charge on any atom is -0.467 e. The molecule has 0 heterocycles. The highest BCUT2D eigenvalue weighted by Gasteiger charge is 1.98. The number of rotatable bonds is 17. The predicted molar refractivity (Wildman–Crippen MR) is 80.1 cm³/mol. The molecule has 10 heteroatoms. The van der Waals surface area contributed by atoms with Crippen molar-refractivity contribution in [3.63, 3.8) is 0 Å². The number of carbonyl (C=O) groups is 1. The van der Waals surface area contributed by atoms with Crippen molar-refractivity contribution in [1.29, 1.82) is 0 Å². The van der Waals surface area contributed by atoms with E-state index in [2.05, 4.69) is 14.8 Å². The summed E-state index contributed by atoms with van der Waals surface area (Å²) in [5.41, 5.74) is 8.04. The highest BCUT2D eigenvalue weighted by atomic mass is 16.6. The molecule has 0 rings (SSSR count). The van der Waals surface area contributed by atoms with E-state index in [0.717, 1.165) is 0 Å². The number of nitrogens with zero attached hydrogens (tertiary/aromatic N) is 3. The minimum atomic E-state index is -0.408. The van der Waals surface area contributed by atoms with Crippen molar-refractivity contribution in [3.8, 4) is 0 Å². The summed E-state index contributed by atoms with van der Waals surface area (Å²) in [6, 6.07) is 0. The fourth-order valence-corrected chi connectivity index (χ4v) is 1.24. The molecule has 23 heavy (non-hydrogen) atoms. The average Bonchev–Trinajstić information content (AvgIpc) is 2.57. The van der Waals surface area contributed by atoms with Gasteiger partial charge in [-0.05, 0) is 5.53 Å². The summed E-state index contributed by atoms with van der Waals surface area (Å²) < 4.78 is 30.4. The summed E-state index contributed by atoms with van der Waals surface area (Å²) in [5.74, 6) is -0.408. The molecule has 0 spiro atoms. The second-order valence-electron chi connectivity index (χ2n) is 4.03. The first-order valence-corrected chi connectivity index (χ1v) is 7.27. The standard InChI is InChI=1S/C13H25N3O7/c1-18-13(17)12-23-11-10-22-9-8-21-7-6-20-5-4-19-3-2-15-16-14/h2-12H2,1H3. The van der Waals surface area contributed by atoms with Crippen molar-refractivity contribution in [1.82, 2.24) is 0 Å². The van der Waals surface area contributed by atoms with Gasteiger partial charge in [0, 0.05) is 11.5 Å². The summed E-state index contributed by atoms with van der Waals surface area (Å²) in [5, 5.41) is 3.34. The van der Waals surface area contributed by atoms with Crippen LogP contribution in [0, 0.1) is 0 Å². The van der Waals surface area contributed by atoms with E-state index in [1.165, 1.54) is 7.11 Å². The molecule has 0 bridgehead atoms. The van der Waals surface area contributed by atoms with Crippen LogP contribution in [-0.2, 0) is 33.2 Å². The zero-order valence-corrected chi connectivity index (χ0v) is 13.5. The predicted octanol–water partition coefficient (Wildman–Crippen LogP) is 0.553. The molecule has 0 radical (unpaired) electrons. The van der Waals surface area contributed by atoms with Crippen LogP contribution in [0.15, 0.2) is 5.11 Å². The summed E-state index contributed by atoms with van der Waals surface area (Å²) in [6.07, 6.45) is 0. The maximum absolute atomic E-state index is 10.7. The lowest BCUT2D eigenvalue weighted by Crippen LogP contribution is -2.15. The van der Waals surface area contributed by atoms with Crippen molar-refractivity contribution in [2.24, 2.45) is 5.11 Å². The lowest BCUT2D eigenvalue weighted by atomic mass is 10.6. The lowest BCUT2D eigenvalue weighted by Gasteiger charge is -2.07. The van der Waals surface area contributed by atoms with Crippen LogP contribution in [0.1, 0.15) is 0 Å². The second-order valence-corrected chi connectivity index (χ2v) is 4.03. The Hall–Kier alpha value is -1.42. The van der Waals surface area contributed by atoms with Gasteiger partial charge in [-0.1, -0.05) is 5.11 Å². The van der Waals surface area contributed by atoms with E-state index >= 15 is 0 Å². The Morgan fingerprint density at radius 3 is 1.70 bits per heavy atom. The molecule has 0 unspecified atom stereocenters. The molecule has 0 aliphatic rings. The Bertz CT molecular complexity index is 325. The highest BCUT2D eigenvalue weighted by molar-refractivity contribution is 5.70. The number of hydrogen-bond donors (Lipinski definition) is 0. The fraction of sp³-hybridized carbons (Fsp3) is 0.923. The molecule has 0 aliphatic heterocycles. The van der Waals surface area contributed by atoms with Crippen molar-refractivity contribution in [2.45, 2.75) is 0 Å². The van der Waals surface area contributed by atoms with Gasteiger partial charge in [0.2, 0.25) is 0 Å². The van der Waals surface area contributed by atoms with Crippen LogP contribution in [0.4, 0.5) is 0 Å². The van der Waals surface area contributed by atoms with E-state index < -0.39 is 5.97 Å². The first-order chi connectivity index (χ1) is 11.3. The van der Waals surface area contributed by atoms with E-state index in [1.807, 2.05) is 0 Å². The minimum absolute atomic E-state index is 0.0665. The van der Waals surface area contributed by atoms with Crippen LogP contribution in [0.5, 0.6) is 0 Å². The lowest BCUT2D eigenvalue weighted by molar-refractivity contribution is -0.146. The Morgan fingerprint density at radius 2 is 1.26 bits per heavy atom. The van der Waals surface area contributed by atoms with Gasteiger partial charge in [-0.2, -0.15) is 0 Å². The van der Waals surface area contributed by atoms with Crippen LogP contribution < -0.4 is 0 Å². The molecule has 0 aromatic rings. The number of carbonyl (C=O) groups excluding carboxylic acids is 1.